The Hall–Kier alpha value is -4.00. The molecule has 13 nitrogen and oxygen atoms in total. The van der Waals surface area contributed by atoms with Crippen LogP contribution in [0.1, 0.15) is 23.2 Å². The van der Waals surface area contributed by atoms with Crippen molar-refractivity contribution < 1.29 is 29.4 Å². The molecule has 8 N–H and O–H groups in total. The van der Waals surface area contributed by atoms with Gasteiger partial charge in [0.05, 0.1) is 6.54 Å². The highest BCUT2D eigenvalue weighted by molar-refractivity contribution is 6.19. The Morgan fingerprint density at radius 3 is 2.59 bits per heavy atom. The SMILES string of the molecule is NC1=NC2=NC[C@H](CNc3ccc(C(=O)N[C@@H](CCC(=O)O)C(=O)O)cc3)N[C@H]2C(=O)N1. The number of anilines is 1. The van der Waals surface area contributed by atoms with Crippen molar-refractivity contribution in [3.05, 3.63) is 29.8 Å². The first-order chi connectivity index (χ1) is 15.2. The molecule has 3 rings (SSSR count). The second-order valence-electron chi connectivity index (χ2n) is 7.24. The number of benzene rings is 1. The van der Waals surface area contributed by atoms with Crippen LogP contribution in [0.4, 0.5) is 5.69 Å². The Morgan fingerprint density at radius 2 is 1.94 bits per heavy atom. The molecule has 32 heavy (non-hydrogen) atoms. The smallest absolute Gasteiger partial charge is 0.326 e. The lowest BCUT2D eigenvalue weighted by Crippen LogP contribution is -2.62. The monoisotopic (exact) mass is 445 g/mol. The molecule has 0 saturated heterocycles. The Labute approximate surface area is 182 Å². The van der Waals surface area contributed by atoms with Crippen LogP contribution in [0.15, 0.2) is 34.3 Å². The molecule has 0 radical (unpaired) electrons. The molecule has 2 aliphatic heterocycles. The van der Waals surface area contributed by atoms with Crippen molar-refractivity contribution >= 4 is 41.2 Å². The molecule has 2 aliphatic rings. The van der Waals surface area contributed by atoms with E-state index in [0.29, 0.717) is 24.6 Å². The van der Waals surface area contributed by atoms with Crippen molar-refractivity contribution in [2.45, 2.75) is 31.0 Å². The van der Waals surface area contributed by atoms with Crippen LogP contribution in [-0.4, -0.2) is 77.0 Å². The fourth-order valence-electron chi connectivity index (χ4n) is 3.17. The van der Waals surface area contributed by atoms with Gasteiger partial charge in [0.15, 0.2) is 5.84 Å². The van der Waals surface area contributed by atoms with Crippen LogP contribution in [0.3, 0.4) is 0 Å². The second kappa shape index (κ2) is 9.87. The Kier molecular flexibility index (Phi) is 7.00. The Bertz CT molecular complexity index is 975. The number of amidine groups is 1. The topological polar surface area (TPSA) is 208 Å². The summed E-state index contributed by atoms with van der Waals surface area (Å²) in [7, 11) is 0. The third kappa shape index (κ3) is 5.78. The number of guanidine groups is 1. The van der Waals surface area contributed by atoms with Crippen molar-refractivity contribution in [1.29, 1.82) is 0 Å². The highest BCUT2D eigenvalue weighted by Crippen LogP contribution is 2.12. The molecule has 0 unspecified atom stereocenters. The molecule has 0 bridgehead atoms. The number of aliphatic carboxylic acids is 2. The number of nitrogens with two attached hydrogens (primary N) is 1. The molecule has 0 spiro atoms. The van der Waals surface area contributed by atoms with Gasteiger partial charge >= 0.3 is 11.9 Å². The number of carbonyl (C=O) groups excluding carboxylic acids is 2. The van der Waals surface area contributed by atoms with Crippen LogP contribution in [0.2, 0.25) is 0 Å². The minimum absolute atomic E-state index is 0.0177. The molecule has 0 aliphatic carbocycles. The van der Waals surface area contributed by atoms with Gasteiger partial charge in [0, 0.05) is 30.3 Å². The van der Waals surface area contributed by atoms with Crippen LogP contribution in [0, 0.1) is 0 Å². The fourth-order valence-corrected chi connectivity index (χ4v) is 3.17. The number of hydrogen-bond acceptors (Lipinski definition) is 9. The highest BCUT2D eigenvalue weighted by Gasteiger charge is 2.34. The summed E-state index contributed by atoms with van der Waals surface area (Å²) in [5, 5.41) is 28.9. The van der Waals surface area contributed by atoms with Crippen LogP contribution in [-0.2, 0) is 14.4 Å². The van der Waals surface area contributed by atoms with Gasteiger partial charge in [-0.1, -0.05) is 0 Å². The summed E-state index contributed by atoms with van der Waals surface area (Å²) >= 11 is 0. The van der Waals surface area contributed by atoms with Gasteiger partial charge in [0.2, 0.25) is 5.96 Å². The van der Waals surface area contributed by atoms with Crippen molar-refractivity contribution in [2.24, 2.45) is 15.7 Å². The van der Waals surface area contributed by atoms with Gasteiger partial charge in [-0.2, -0.15) is 4.99 Å². The van der Waals surface area contributed by atoms with Crippen molar-refractivity contribution in [2.75, 3.05) is 18.4 Å². The van der Waals surface area contributed by atoms with E-state index < -0.39 is 29.9 Å². The summed E-state index contributed by atoms with van der Waals surface area (Å²) in [6, 6.07) is 4.23. The van der Waals surface area contributed by atoms with Crippen molar-refractivity contribution in [1.82, 2.24) is 16.0 Å². The standard InChI is InChI=1S/C19H23N7O6/c20-19-25-15-14(17(30)26-19)23-11(8-22-15)7-21-10-3-1-9(2-4-10)16(29)24-12(18(31)32)5-6-13(27)28/h1-4,11-12,14,21,23H,5-8H2,(H,24,29)(H,27,28)(H,31,32)(H3,20,22,25,26,30)/t11-,12-,14+/m0/s1. The number of nitrogens with zero attached hydrogens (tertiary/aromatic N) is 2. The zero-order chi connectivity index (χ0) is 23.3. The Balaban J connectivity index is 1.52. The van der Waals surface area contributed by atoms with E-state index in [1.54, 1.807) is 12.1 Å². The van der Waals surface area contributed by atoms with Crippen LogP contribution in [0.5, 0.6) is 0 Å². The number of carboxylic acid groups (broad SMARTS) is 2. The minimum atomic E-state index is -1.30. The number of aliphatic imine (C=N–C) groups is 2. The van der Waals surface area contributed by atoms with E-state index in [-0.39, 0.29) is 36.3 Å². The molecule has 3 atom stereocenters. The first-order valence-corrected chi connectivity index (χ1v) is 9.77. The predicted molar refractivity (Wildman–Crippen MR) is 113 cm³/mol. The molecule has 1 aromatic carbocycles. The van der Waals surface area contributed by atoms with Crippen LogP contribution >= 0.6 is 0 Å². The quantitative estimate of drug-likeness (QED) is 0.231. The van der Waals surface area contributed by atoms with E-state index >= 15 is 0 Å². The maximum Gasteiger partial charge on any atom is 0.326 e. The maximum absolute atomic E-state index is 12.3. The Morgan fingerprint density at radius 1 is 1.22 bits per heavy atom. The zero-order valence-corrected chi connectivity index (χ0v) is 16.9. The predicted octanol–water partition coefficient (Wildman–Crippen LogP) is -1.67. The zero-order valence-electron chi connectivity index (χ0n) is 16.9. The number of fused-ring (bicyclic) bond motifs is 1. The summed E-state index contributed by atoms with van der Waals surface area (Å²) in [4.78, 5) is 54.5. The van der Waals surface area contributed by atoms with Gasteiger partial charge in [-0.25, -0.2) is 4.79 Å². The van der Waals surface area contributed by atoms with E-state index in [1.165, 1.54) is 12.1 Å². The molecule has 0 fully saturated rings. The number of carbonyl (C=O) groups is 4. The number of amides is 2. The van der Waals surface area contributed by atoms with Gasteiger partial charge in [-0.15, -0.1) is 0 Å². The molecular formula is C19H23N7O6. The minimum Gasteiger partial charge on any atom is -0.481 e. The van der Waals surface area contributed by atoms with Gasteiger partial charge in [-0.05, 0) is 30.7 Å². The summed E-state index contributed by atoms with van der Waals surface area (Å²) in [5.74, 6) is -3.02. The van der Waals surface area contributed by atoms with Gasteiger partial charge in [0.25, 0.3) is 11.8 Å². The molecule has 13 heteroatoms. The summed E-state index contributed by atoms with van der Waals surface area (Å²) in [5.41, 5.74) is 6.45. The number of carboxylic acids is 2. The normalized spacial score (nSPS) is 20.7. The van der Waals surface area contributed by atoms with Crippen molar-refractivity contribution in [3.8, 4) is 0 Å². The first-order valence-electron chi connectivity index (χ1n) is 9.77. The number of hydrogen-bond donors (Lipinski definition) is 7. The average Bonchev–Trinajstić information content (AvgIpc) is 2.75. The summed E-state index contributed by atoms with van der Waals surface area (Å²) < 4.78 is 0. The molecule has 170 valence electrons. The van der Waals surface area contributed by atoms with E-state index in [0.717, 1.165) is 0 Å². The largest absolute Gasteiger partial charge is 0.481 e. The number of rotatable bonds is 9. The highest BCUT2D eigenvalue weighted by atomic mass is 16.4. The van der Waals surface area contributed by atoms with E-state index in [4.69, 9.17) is 15.9 Å². The molecule has 2 heterocycles. The second-order valence-corrected chi connectivity index (χ2v) is 7.24. The molecule has 0 aromatic heterocycles. The van der Waals surface area contributed by atoms with Gasteiger partial charge in [0.1, 0.15) is 12.1 Å². The van der Waals surface area contributed by atoms with Gasteiger partial charge in [-0.3, -0.25) is 30.0 Å². The first kappa shape index (κ1) is 22.7. The lowest BCUT2D eigenvalue weighted by molar-refractivity contribution is -0.140. The van der Waals surface area contributed by atoms with Gasteiger partial charge < -0.3 is 26.6 Å². The third-order valence-corrected chi connectivity index (χ3v) is 4.83. The molecule has 0 saturated carbocycles. The van der Waals surface area contributed by atoms with E-state index in [9.17, 15) is 19.2 Å². The van der Waals surface area contributed by atoms with E-state index in [2.05, 4.69) is 31.3 Å². The molecule has 2 amide bonds. The third-order valence-electron chi connectivity index (χ3n) is 4.83. The average molecular weight is 445 g/mol. The number of nitrogens with one attached hydrogen (secondary N) is 4. The lowest BCUT2D eigenvalue weighted by Gasteiger charge is -2.30. The molecular weight excluding hydrogens is 422 g/mol. The van der Waals surface area contributed by atoms with Crippen LogP contribution < -0.4 is 27.0 Å². The van der Waals surface area contributed by atoms with E-state index in [1.807, 2.05) is 0 Å². The van der Waals surface area contributed by atoms with Crippen molar-refractivity contribution in [3.63, 3.8) is 0 Å². The fraction of sp³-hybridized carbons (Fsp3) is 0.368. The van der Waals surface area contributed by atoms with Crippen LogP contribution in [0.25, 0.3) is 0 Å². The summed E-state index contributed by atoms with van der Waals surface area (Å²) in [6.07, 6.45) is -0.589. The lowest BCUT2D eigenvalue weighted by atomic mass is 10.1. The molecule has 1 aromatic rings. The summed E-state index contributed by atoms with van der Waals surface area (Å²) in [6.45, 7) is 0.845. The maximum atomic E-state index is 12.3.